The van der Waals surface area contributed by atoms with E-state index in [2.05, 4.69) is 10.2 Å². The molecule has 0 heterocycles. The van der Waals surface area contributed by atoms with Crippen molar-refractivity contribution in [2.45, 2.75) is 13.3 Å². The summed E-state index contributed by atoms with van der Waals surface area (Å²) in [5, 5.41) is 10.5. The van der Waals surface area contributed by atoms with Crippen LogP contribution in [0.1, 0.15) is 13.3 Å². The lowest BCUT2D eigenvalue weighted by Crippen LogP contribution is -2.30. The van der Waals surface area contributed by atoms with E-state index in [1.807, 2.05) is 5.48 Å². The van der Waals surface area contributed by atoms with E-state index in [1.165, 1.54) is 6.92 Å². The first-order chi connectivity index (χ1) is 6.52. The lowest BCUT2D eigenvalue weighted by atomic mass is 10.4. The van der Waals surface area contributed by atoms with E-state index in [4.69, 9.17) is 5.11 Å². The molecule has 0 unspecified atom stereocenters. The minimum atomic E-state index is -1.17. The van der Waals surface area contributed by atoms with Gasteiger partial charge in [0.25, 0.3) is 0 Å². The van der Waals surface area contributed by atoms with Gasteiger partial charge in [0.1, 0.15) is 0 Å². The third-order valence-corrected chi connectivity index (χ3v) is 1.11. The van der Waals surface area contributed by atoms with E-state index in [1.54, 1.807) is 0 Å². The van der Waals surface area contributed by atoms with Crippen molar-refractivity contribution in [3.05, 3.63) is 0 Å². The van der Waals surface area contributed by atoms with Crippen LogP contribution in [0.15, 0.2) is 0 Å². The van der Waals surface area contributed by atoms with Crippen LogP contribution in [0.25, 0.3) is 0 Å². The van der Waals surface area contributed by atoms with Crippen molar-refractivity contribution in [2.75, 3.05) is 13.2 Å². The van der Waals surface area contributed by atoms with Gasteiger partial charge in [0.15, 0.2) is 6.61 Å². The predicted octanol–water partition coefficient (Wildman–Crippen LogP) is -1.35. The second-order valence-corrected chi connectivity index (χ2v) is 2.44. The fraction of sp³-hybridized carbons (Fsp3) is 0.571. The number of carboxylic acid groups (broad SMARTS) is 1. The van der Waals surface area contributed by atoms with E-state index in [9.17, 15) is 14.4 Å². The third kappa shape index (κ3) is 8.47. The van der Waals surface area contributed by atoms with Gasteiger partial charge in [-0.3, -0.25) is 14.4 Å². The van der Waals surface area contributed by atoms with Crippen molar-refractivity contribution in [2.24, 2.45) is 0 Å². The zero-order chi connectivity index (χ0) is 11.0. The molecule has 0 saturated heterocycles. The first kappa shape index (κ1) is 12.4. The summed E-state index contributed by atoms with van der Waals surface area (Å²) >= 11 is 0. The molecule has 0 rings (SSSR count). The second kappa shape index (κ2) is 6.84. The van der Waals surface area contributed by atoms with Gasteiger partial charge >= 0.3 is 5.97 Å². The van der Waals surface area contributed by atoms with Gasteiger partial charge in [-0.25, -0.2) is 10.3 Å². The molecular formula is C7H12N2O5. The molecule has 0 aromatic rings. The summed E-state index contributed by atoms with van der Waals surface area (Å²) in [4.78, 5) is 35.5. The van der Waals surface area contributed by atoms with Crippen LogP contribution in [-0.2, 0) is 19.2 Å². The molecule has 0 aliphatic heterocycles. The Kier molecular flexibility index (Phi) is 6.04. The number of hydrogen-bond acceptors (Lipinski definition) is 4. The molecular weight excluding hydrogens is 192 g/mol. The molecule has 0 fully saturated rings. The summed E-state index contributed by atoms with van der Waals surface area (Å²) in [7, 11) is 0. The van der Waals surface area contributed by atoms with Crippen molar-refractivity contribution in [3.8, 4) is 0 Å². The van der Waals surface area contributed by atoms with E-state index in [-0.39, 0.29) is 18.9 Å². The Hall–Kier alpha value is -1.63. The predicted molar refractivity (Wildman–Crippen MR) is 45.0 cm³/mol. The first-order valence-electron chi connectivity index (χ1n) is 3.89. The normalized spacial score (nSPS) is 9.21. The number of hydrogen-bond donors (Lipinski definition) is 3. The van der Waals surface area contributed by atoms with Gasteiger partial charge in [-0.05, 0) is 0 Å². The van der Waals surface area contributed by atoms with E-state index < -0.39 is 18.5 Å². The Morgan fingerprint density at radius 1 is 1.36 bits per heavy atom. The zero-order valence-electron chi connectivity index (χ0n) is 7.70. The monoisotopic (exact) mass is 204 g/mol. The fourth-order valence-corrected chi connectivity index (χ4v) is 0.581. The lowest BCUT2D eigenvalue weighted by molar-refractivity contribution is -0.149. The topological polar surface area (TPSA) is 105 Å². The van der Waals surface area contributed by atoms with Crippen LogP contribution in [0.4, 0.5) is 0 Å². The van der Waals surface area contributed by atoms with Gasteiger partial charge in [0.2, 0.25) is 11.8 Å². The van der Waals surface area contributed by atoms with Crippen LogP contribution in [0.5, 0.6) is 0 Å². The number of nitrogens with one attached hydrogen (secondary N) is 2. The Morgan fingerprint density at radius 2 is 2.00 bits per heavy atom. The average Bonchev–Trinajstić information content (AvgIpc) is 2.02. The minimum Gasteiger partial charge on any atom is -0.479 e. The highest BCUT2D eigenvalue weighted by molar-refractivity contribution is 5.77. The molecule has 3 N–H and O–H groups in total. The molecule has 0 aromatic heterocycles. The maximum absolute atomic E-state index is 10.8. The molecule has 2 amide bonds. The summed E-state index contributed by atoms with van der Waals surface area (Å²) in [6, 6.07) is 0. The molecule has 0 bridgehead atoms. The Morgan fingerprint density at radius 3 is 2.50 bits per heavy atom. The van der Waals surface area contributed by atoms with Gasteiger partial charge in [0, 0.05) is 19.9 Å². The molecule has 80 valence electrons. The molecule has 7 nitrogen and oxygen atoms in total. The van der Waals surface area contributed by atoms with Crippen LogP contribution in [0.2, 0.25) is 0 Å². The van der Waals surface area contributed by atoms with Crippen molar-refractivity contribution in [3.63, 3.8) is 0 Å². The summed E-state index contributed by atoms with van der Waals surface area (Å²) in [5.74, 6) is -1.89. The molecule has 0 saturated carbocycles. The molecule has 0 aliphatic carbocycles. The quantitative estimate of drug-likeness (QED) is 0.464. The minimum absolute atomic E-state index is 0.0409. The van der Waals surface area contributed by atoms with Crippen LogP contribution >= 0.6 is 0 Å². The van der Waals surface area contributed by atoms with Gasteiger partial charge in [0.05, 0.1) is 0 Å². The van der Waals surface area contributed by atoms with Gasteiger partial charge in [-0.15, -0.1) is 0 Å². The van der Waals surface area contributed by atoms with Crippen molar-refractivity contribution >= 4 is 17.8 Å². The van der Waals surface area contributed by atoms with Crippen LogP contribution < -0.4 is 10.8 Å². The molecule has 14 heavy (non-hydrogen) atoms. The summed E-state index contributed by atoms with van der Waals surface area (Å²) in [5.41, 5.74) is 1.92. The lowest BCUT2D eigenvalue weighted by Gasteiger charge is -2.03. The maximum atomic E-state index is 10.8. The van der Waals surface area contributed by atoms with E-state index >= 15 is 0 Å². The third-order valence-electron chi connectivity index (χ3n) is 1.11. The standard InChI is InChI=1S/C7H12N2O5/c1-5(10)8-3-2-6(11)9-14-4-7(12)13/h2-4H2,1H3,(H,8,10)(H,9,11)(H,12,13). The number of carbonyl (C=O) groups is 3. The zero-order valence-corrected chi connectivity index (χ0v) is 7.70. The molecule has 0 radical (unpaired) electrons. The Balaban J connectivity index is 3.37. The maximum Gasteiger partial charge on any atom is 0.332 e. The van der Waals surface area contributed by atoms with Gasteiger partial charge < -0.3 is 10.4 Å². The van der Waals surface area contributed by atoms with E-state index in [0.29, 0.717) is 0 Å². The Bertz CT molecular complexity index is 206. The molecule has 0 aromatic carbocycles. The SMILES string of the molecule is CC(=O)NCCC(=O)NOCC(=O)O. The highest BCUT2D eigenvalue weighted by Gasteiger charge is 2.02. The number of rotatable bonds is 6. The second-order valence-electron chi connectivity index (χ2n) is 2.44. The molecule has 0 spiro atoms. The largest absolute Gasteiger partial charge is 0.479 e. The summed E-state index contributed by atoms with van der Waals surface area (Å²) in [6.45, 7) is 0.933. The molecule has 0 aliphatic rings. The number of carboxylic acids is 1. The Labute approximate surface area is 80.4 Å². The van der Waals surface area contributed by atoms with Crippen LogP contribution in [0.3, 0.4) is 0 Å². The summed E-state index contributed by atoms with van der Waals surface area (Å²) < 4.78 is 0. The first-order valence-corrected chi connectivity index (χ1v) is 3.89. The average molecular weight is 204 g/mol. The highest BCUT2D eigenvalue weighted by atomic mass is 16.7. The number of hydroxylamine groups is 1. The smallest absolute Gasteiger partial charge is 0.332 e. The van der Waals surface area contributed by atoms with Gasteiger partial charge in [-0.1, -0.05) is 0 Å². The number of amides is 2. The summed E-state index contributed by atoms with van der Waals surface area (Å²) in [6.07, 6.45) is 0.0409. The van der Waals surface area contributed by atoms with Crippen LogP contribution in [0, 0.1) is 0 Å². The molecule has 0 atom stereocenters. The van der Waals surface area contributed by atoms with Crippen molar-refractivity contribution in [1.82, 2.24) is 10.8 Å². The molecule has 7 heteroatoms. The number of carbonyl (C=O) groups excluding carboxylic acids is 2. The van der Waals surface area contributed by atoms with Crippen LogP contribution in [-0.4, -0.2) is 36.0 Å². The van der Waals surface area contributed by atoms with Crippen molar-refractivity contribution in [1.29, 1.82) is 0 Å². The van der Waals surface area contributed by atoms with Gasteiger partial charge in [-0.2, -0.15) is 0 Å². The van der Waals surface area contributed by atoms with Crippen molar-refractivity contribution < 1.29 is 24.3 Å². The highest BCUT2D eigenvalue weighted by Crippen LogP contribution is 1.78. The fourth-order valence-electron chi connectivity index (χ4n) is 0.581. The number of aliphatic carboxylic acids is 1. The van der Waals surface area contributed by atoms with E-state index in [0.717, 1.165) is 0 Å².